The molecule has 0 fully saturated rings. The van der Waals surface area contributed by atoms with Crippen LogP contribution in [0.15, 0.2) is 53.6 Å². The van der Waals surface area contributed by atoms with Gasteiger partial charge in [-0.15, -0.1) is 0 Å². The van der Waals surface area contributed by atoms with Gasteiger partial charge in [0.15, 0.2) is 11.5 Å². The molecule has 1 heterocycles. The second-order valence-corrected chi connectivity index (χ2v) is 5.59. The number of aryl methyl sites for hydroxylation is 1. The van der Waals surface area contributed by atoms with Crippen molar-refractivity contribution in [2.45, 2.75) is 26.4 Å². The fourth-order valence-corrected chi connectivity index (χ4v) is 2.41. The van der Waals surface area contributed by atoms with Crippen molar-refractivity contribution < 1.29 is 14.3 Å². The van der Waals surface area contributed by atoms with E-state index >= 15 is 0 Å². The Kier molecular flexibility index (Phi) is 4.79. The molecule has 1 aliphatic rings. The molecule has 0 aromatic heterocycles. The number of carbonyl (C=O) groups excluding carboxylic acids is 1. The molecule has 0 spiro atoms. The van der Waals surface area contributed by atoms with Crippen molar-refractivity contribution >= 4 is 11.6 Å². The minimum Gasteiger partial charge on any atom is -0.485 e. The van der Waals surface area contributed by atoms with Gasteiger partial charge < -0.3 is 9.47 Å². The molecular weight excluding hydrogens is 304 g/mol. The summed E-state index contributed by atoms with van der Waals surface area (Å²) in [4.78, 5) is 12.2. The zero-order valence-electron chi connectivity index (χ0n) is 13.8. The molecule has 0 saturated carbocycles. The van der Waals surface area contributed by atoms with Crippen LogP contribution in [-0.4, -0.2) is 24.3 Å². The number of ether oxygens (including phenoxy) is 2. The lowest BCUT2D eigenvalue weighted by Gasteiger charge is -2.24. The molecule has 5 heteroatoms. The van der Waals surface area contributed by atoms with Gasteiger partial charge in [-0.25, -0.2) is 5.43 Å². The van der Waals surface area contributed by atoms with E-state index in [1.54, 1.807) is 6.07 Å². The Labute approximate surface area is 141 Å². The van der Waals surface area contributed by atoms with E-state index in [-0.39, 0.29) is 12.5 Å². The minimum absolute atomic E-state index is 0.169. The zero-order chi connectivity index (χ0) is 16.9. The number of hydrazone groups is 1. The highest BCUT2D eigenvalue weighted by Crippen LogP contribution is 2.30. The third kappa shape index (κ3) is 3.56. The van der Waals surface area contributed by atoms with Crippen LogP contribution in [-0.2, 0) is 11.2 Å². The highest BCUT2D eigenvalue weighted by molar-refractivity contribution is 5.99. The maximum Gasteiger partial charge on any atom is 0.284 e. The van der Waals surface area contributed by atoms with Crippen LogP contribution in [0.5, 0.6) is 11.5 Å². The molecule has 5 nitrogen and oxygen atoms in total. The monoisotopic (exact) mass is 324 g/mol. The molecular formula is C19H20N2O3. The van der Waals surface area contributed by atoms with Gasteiger partial charge in [0.2, 0.25) is 6.10 Å². The fourth-order valence-electron chi connectivity index (χ4n) is 2.41. The lowest BCUT2D eigenvalue weighted by atomic mass is 10.1. The third-order valence-electron chi connectivity index (χ3n) is 3.91. The van der Waals surface area contributed by atoms with Crippen molar-refractivity contribution in [3.8, 4) is 11.5 Å². The van der Waals surface area contributed by atoms with Gasteiger partial charge in [0.05, 0.1) is 5.71 Å². The van der Waals surface area contributed by atoms with Crippen molar-refractivity contribution in [2.24, 2.45) is 5.10 Å². The molecule has 2 aromatic carbocycles. The van der Waals surface area contributed by atoms with E-state index in [2.05, 4.69) is 29.6 Å². The van der Waals surface area contributed by atoms with Crippen molar-refractivity contribution in [3.05, 3.63) is 59.7 Å². The van der Waals surface area contributed by atoms with Crippen molar-refractivity contribution in [3.63, 3.8) is 0 Å². The predicted octanol–water partition coefficient (Wildman–Crippen LogP) is 2.93. The van der Waals surface area contributed by atoms with Crippen molar-refractivity contribution in [1.29, 1.82) is 0 Å². The number of nitrogens with zero attached hydrogens (tertiary/aromatic N) is 1. The van der Waals surface area contributed by atoms with Gasteiger partial charge in [0, 0.05) is 0 Å². The number of hydrogen-bond acceptors (Lipinski definition) is 4. The summed E-state index contributed by atoms with van der Waals surface area (Å²) in [5.41, 5.74) is 5.53. The van der Waals surface area contributed by atoms with E-state index in [0.29, 0.717) is 11.5 Å². The summed E-state index contributed by atoms with van der Waals surface area (Å²) in [6, 6.07) is 15.4. The Morgan fingerprint density at radius 2 is 1.88 bits per heavy atom. The quantitative estimate of drug-likeness (QED) is 0.695. The summed E-state index contributed by atoms with van der Waals surface area (Å²) >= 11 is 0. The number of amides is 1. The molecule has 1 atom stereocenters. The van der Waals surface area contributed by atoms with E-state index < -0.39 is 6.10 Å². The topological polar surface area (TPSA) is 59.9 Å². The Bertz CT molecular complexity index is 753. The molecule has 3 rings (SSSR count). The summed E-state index contributed by atoms with van der Waals surface area (Å²) in [7, 11) is 0. The van der Waals surface area contributed by atoms with Crippen LogP contribution in [0, 0.1) is 0 Å². The normalized spacial score (nSPS) is 16.6. The molecule has 1 amide bonds. The molecule has 1 N–H and O–H groups in total. The SMILES string of the molecule is CCc1ccc(C(C)=NNC(=O)C2COc3ccccc3O2)cc1. The molecule has 1 aliphatic heterocycles. The Morgan fingerprint density at radius 1 is 1.17 bits per heavy atom. The Hall–Kier alpha value is -2.82. The standard InChI is InChI=1S/C19H20N2O3/c1-3-14-8-10-15(11-9-14)13(2)20-21-19(22)18-12-23-16-6-4-5-7-17(16)24-18/h4-11,18H,3,12H2,1-2H3,(H,21,22). The van der Waals surface area contributed by atoms with E-state index in [9.17, 15) is 4.79 Å². The largest absolute Gasteiger partial charge is 0.485 e. The maximum absolute atomic E-state index is 12.2. The highest BCUT2D eigenvalue weighted by atomic mass is 16.6. The second-order valence-electron chi connectivity index (χ2n) is 5.59. The van der Waals surface area contributed by atoms with Gasteiger partial charge in [-0.2, -0.15) is 5.10 Å². The lowest BCUT2D eigenvalue weighted by molar-refractivity contribution is -0.130. The van der Waals surface area contributed by atoms with Crippen LogP contribution in [0.25, 0.3) is 0 Å². The first-order valence-electron chi connectivity index (χ1n) is 7.99. The number of nitrogens with one attached hydrogen (secondary N) is 1. The van der Waals surface area contributed by atoms with Crippen LogP contribution in [0.4, 0.5) is 0 Å². The molecule has 1 unspecified atom stereocenters. The fraction of sp³-hybridized carbons (Fsp3) is 0.263. The van der Waals surface area contributed by atoms with Gasteiger partial charge in [0.1, 0.15) is 6.61 Å². The van der Waals surface area contributed by atoms with E-state index in [1.165, 1.54) is 5.56 Å². The minimum atomic E-state index is -0.709. The van der Waals surface area contributed by atoms with Gasteiger partial charge in [0.25, 0.3) is 5.91 Å². The molecule has 124 valence electrons. The Balaban J connectivity index is 1.62. The van der Waals surface area contributed by atoms with Gasteiger partial charge in [-0.3, -0.25) is 4.79 Å². The van der Waals surface area contributed by atoms with Gasteiger partial charge >= 0.3 is 0 Å². The number of fused-ring (bicyclic) bond motifs is 1. The first kappa shape index (κ1) is 16.1. The maximum atomic E-state index is 12.2. The summed E-state index contributed by atoms with van der Waals surface area (Å²) < 4.78 is 11.2. The summed E-state index contributed by atoms with van der Waals surface area (Å²) in [6.07, 6.45) is 0.284. The number of benzene rings is 2. The first-order valence-corrected chi connectivity index (χ1v) is 7.99. The zero-order valence-corrected chi connectivity index (χ0v) is 13.8. The predicted molar refractivity (Wildman–Crippen MR) is 92.5 cm³/mol. The van der Waals surface area contributed by atoms with Crippen LogP contribution >= 0.6 is 0 Å². The lowest BCUT2D eigenvalue weighted by Crippen LogP contribution is -2.42. The summed E-state index contributed by atoms with van der Waals surface area (Å²) in [6.45, 7) is 4.14. The number of carbonyl (C=O) groups is 1. The smallest absolute Gasteiger partial charge is 0.284 e. The summed E-state index contributed by atoms with van der Waals surface area (Å²) in [5, 5.41) is 4.16. The average Bonchev–Trinajstić information content (AvgIpc) is 2.65. The van der Waals surface area contributed by atoms with Crippen molar-refractivity contribution in [1.82, 2.24) is 5.43 Å². The third-order valence-corrected chi connectivity index (χ3v) is 3.91. The van der Waals surface area contributed by atoms with Gasteiger partial charge in [-0.05, 0) is 36.6 Å². The van der Waals surface area contributed by atoms with E-state index in [4.69, 9.17) is 9.47 Å². The van der Waals surface area contributed by atoms with Crippen LogP contribution in [0.3, 0.4) is 0 Å². The number of rotatable bonds is 4. The molecule has 2 aromatic rings. The summed E-state index contributed by atoms with van der Waals surface area (Å²) in [5.74, 6) is 0.894. The highest BCUT2D eigenvalue weighted by Gasteiger charge is 2.27. The van der Waals surface area contributed by atoms with Crippen molar-refractivity contribution in [2.75, 3.05) is 6.61 Å². The van der Waals surface area contributed by atoms with E-state index in [0.717, 1.165) is 17.7 Å². The molecule has 0 radical (unpaired) electrons. The van der Waals surface area contributed by atoms with Gasteiger partial charge in [-0.1, -0.05) is 43.3 Å². The first-order chi connectivity index (χ1) is 11.7. The second kappa shape index (κ2) is 7.17. The molecule has 0 bridgehead atoms. The molecule has 0 aliphatic carbocycles. The van der Waals surface area contributed by atoms with Crippen LogP contribution in [0.2, 0.25) is 0 Å². The molecule has 0 saturated heterocycles. The number of para-hydroxylation sites is 2. The average molecular weight is 324 g/mol. The van der Waals surface area contributed by atoms with E-state index in [1.807, 2.05) is 37.3 Å². The molecule has 24 heavy (non-hydrogen) atoms. The van der Waals surface area contributed by atoms with Crippen LogP contribution < -0.4 is 14.9 Å². The number of hydrogen-bond donors (Lipinski definition) is 1. The Morgan fingerprint density at radius 3 is 2.58 bits per heavy atom. The van der Waals surface area contributed by atoms with Crippen LogP contribution in [0.1, 0.15) is 25.0 Å².